The third kappa shape index (κ3) is 11.1. The van der Waals surface area contributed by atoms with Crippen LogP contribution in [0.1, 0.15) is 26.2 Å². The lowest BCUT2D eigenvalue weighted by Gasteiger charge is -2.13. The van der Waals surface area contributed by atoms with E-state index < -0.39 is 0 Å². The van der Waals surface area contributed by atoms with Gasteiger partial charge in [-0.1, -0.05) is 6.07 Å². The van der Waals surface area contributed by atoms with Crippen molar-refractivity contribution in [1.82, 2.24) is 5.32 Å². The van der Waals surface area contributed by atoms with Crippen molar-refractivity contribution < 1.29 is 19.0 Å². The van der Waals surface area contributed by atoms with E-state index in [0.717, 1.165) is 17.9 Å². The van der Waals surface area contributed by atoms with Gasteiger partial charge in [-0.2, -0.15) is 0 Å². The van der Waals surface area contributed by atoms with Gasteiger partial charge >= 0.3 is 5.97 Å². The van der Waals surface area contributed by atoms with E-state index in [2.05, 4.69) is 15.6 Å². The molecule has 0 atom stereocenters. The van der Waals surface area contributed by atoms with Gasteiger partial charge in [-0.25, -0.2) is 0 Å². The number of methoxy groups -OCH3 is 1. The second-order valence-electron chi connectivity index (χ2n) is 5.26. The maximum Gasteiger partial charge on any atom is 0.305 e. The summed E-state index contributed by atoms with van der Waals surface area (Å²) in [6.07, 6.45) is 1.92. The van der Waals surface area contributed by atoms with E-state index >= 15 is 0 Å². The largest absolute Gasteiger partial charge is 0.493 e. The van der Waals surface area contributed by atoms with E-state index in [1.807, 2.05) is 24.3 Å². The predicted molar refractivity (Wildman–Crippen MR) is 115 cm³/mol. The van der Waals surface area contributed by atoms with Crippen LogP contribution in [-0.2, 0) is 14.3 Å². The molecule has 2 N–H and O–H groups in total. The average molecular weight is 479 g/mol. The molecule has 0 unspecified atom stereocenters. The maximum atomic E-state index is 11.3. The molecule has 0 amide bonds. The molecule has 0 spiro atoms. The highest BCUT2D eigenvalue weighted by molar-refractivity contribution is 14.0. The van der Waals surface area contributed by atoms with Gasteiger partial charge in [-0.05, 0) is 25.5 Å². The summed E-state index contributed by atoms with van der Waals surface area (Å²) in [6.45, 7) is 4.14. The standard InChI is InChI=1S/C18H29N3O4.HI/c1-4-24-17(22)10-6-11-20-18(19-2)21-15-8-5-9-16(14-15)25-13-7-12-23-3;/h5,8-9,14H,4,6-7,10-13H2,1-3H3,(H2,19,20,21);1H. The molecule has 0 saturated heterocycles. The fourth-order valence-corrected chi connectivity index (χ4v) is 2.05. The van der Waals surface area contributed by atoms with Gasteiger partial charge in [0.15, 0.2) is 5.96 Å². The highest BCUT2D eigenvalue weighted by Crippen LogP contribution is 2.17. The number of ether oxygens (including phenoxy) is 3. The molecular weight excluding hydrogens is 449 g/mol. The number of esters is 1. The lowest BCUT2D eigenvalue weighted by molar-refractivity contribution is -0.143. The van der Waals surface area contributed by atoms with Crippen molar-refractivity contribution in [3.8, 4) is 5.75 Å². The van der Waals surface area contributed by atoms with Crippen LogP contribution in [0, 0.1) is 0 Å². The normalized spacial score (nSPS) is 10.7. The second-order valence-corrected chi connectivity index (χ2v) is 5.26. The van der Waals surface area contributed by atoms with E-state index in [0.29, 0.717) is 45.2 Å². The van der Waals surface area contributed by atoms with Gasteiger partial charge in [0.2, 0.25) is 0 Å². The van der Waals surface area contributed by atoms with Crippen LogP contribution in [0.3, 0.4) is 0 Å². The number of anilines is 1. The summed E-state index contributed by atoms with van der Waals surface area (Å²) in [7, 11) is 3.38. The Kier molecular flexibility index (Phi) is 14.8. The molecule has 0 aliphatic carbocycles. The minimum absolute atomic E-state index is 0. The number of nitrogens with zero attached hydrogens (tertiary/aromatic N) is 1. The van der Waals surface area contributed by atoms with Gasteiger partial charge in [0, 0.05) is 51.9 Å². The summed E-state index contributed by atoms with van der Waals surface area (Å²) in [5.74, 6) is 1.25. The van der Waals surface area contributed by atoms with E-state index in [1.54, 1.807) is 21.1 Å². The molecule has 0 bridgehead atoms. The molecule has 0 aliphatic heterocycles. The minimum Gasteiger partial charge on any atom is -0.493 e. The van der Waals surface area contributed by atoms with Gasteiger partial charge in [0.05, 0.1) is 13.2 Å². The molecule has 1 aromatic carbocycles. The highest BCUT2D eigenvalue weighted by Gasteiger charge is 2.03. The summed E-state index contributed by atoms with van der Waals surface area (Å²) in [4.78, 5) is 15.5. The molecule has 0 radical (unpaired) electrons. The van der Waals surface area contributed by atoms with E-state index in [4.69, 9.17) is 14.2 Å². The number of carbonyl (C=O) groups is 1. The predicted octanol–water partition coefficient (Wildman–Crippen LogP) is 3.05. The Balaban J connectivity index is 0.00000625. The smallest absolute Gasteiger partial charge is 0.305 e. The van der Waals surface area contributed by atoms with Crippen LogP contribution in [0.15, 0.2) is 29.3 Å². The Bertz CT molecular complexity index is 541. The second kappa shape index (κ2) is 15.7. The molecule has 0 fully saturated rings. The molecule has 0 heterocycles. The third-order valence-corrected chi connectivity index (χ3v) is 3.24. The monoisotopic (exact) mass is 479 g/mol. The Hall–Kier alpha value is -1.55. The Labute approximate surface area is 172 Å². The van der Waals surface area contributed by atoms with Crippen LogP contribution >= 0.6 is 24.0 Å². The molecule has 1 rings (SSSR count). The fraction of sp³-hybridized carbons (Fsp3) is 0.556. The first-order valence-corrected chi connectivity index (χ1v) is 8.54. The van der Waals surface area contributed by atoms with Gasteiger partial charge < -0.3 is 24.8 Å². The molecule has 148 valence electrons. The highest BCUT2D eigenvalue weighted by atomic mass is 127. The number of rotatable bonds is 11. The number of aliphatic imine (C=N–C) groups is 1. The van der Waals surface area contributed by atoms with Crippen molar-refractivity contribution in [2.24, 2.45) is 4.99 Å². The van der Waals surface area contributed by atoms with E-state index in [-0.39, 0.29) is 29.9 Å². The van der Waals surface area contributed by atoms with Crippen LogP contribution in [0.5, 0.6) is 5.75 Å². The Morgan fingerprint density at radius 2 is 2.04 bits per heavy atom. The van der Waals surface area contributed by atoms with Gasteiger partial charge in [0.25, 0.3) is 0 Å². The lowest BCUT2D eigenvalue weighted by Crippen LogP contribution is -2.31. The molecule has 26 heavy (non-hydrogen) atoms. The van der Waals surface area contributed by atoms with Crippen molar-refractivity contribution >= 4 is 41.6 Å². The van der Waals surface area contributed by atoms with Gasteiger partial charge in [-0.3, -0.25) is 9.79 Å². The van der Waals surface area contributed by atoms with Crippen molar-refractivity contribution in [1.29, 1.82) is 0 Å². The topological polar surface area (TPSA) is 81.2 Å². The zero-order valence-electron chi connectivity index (χ0n) is 15.7. The molecule has 1 aromatic rings. The number of halogens is 1. The quantitative estimate of drug-likeness (QED) is 0.167. The molecule has 0 aliphatic rings. The SMILES string of the molecule is CCOC(=O)CCCNC(=NC)Nc1cccc(OCCCOC)c1.I. The van der Waals surface area contributed by atoms with Gasteiger partial charge in [-0.15, -0.1) is 24.0 Å². The van der Waals surface area contributed by atoms with Crippen molar-refractivity contribution in [2.45, 2.75) is 26.2 Å². The molecular formula is C18H30IN3O4. The summed E-state index contributed by atoms with van der Waals surface area (Å²) >= 11 is 0. The Morgan fingerprint density at radius 3 is 2.73 bits per heavy atom. The molecule has 7 nitrogen and oxygen atoms in total. The Morgan fingerprint density at radius 1 is 1.23 bits per heavy atom. The number of benzene rings is 1. The number of guanidine groups is 1. The molecule has 0 aromatic heterocycles. The first kappa shape index (κ1) is 24.5. The average Bonchev–Trinajstić information content (AvgIpc) is 2.62. The fourth-order valence-electron chi connectivity index (χ4n) is 2.05. The van der Waals surface area contributed by atoms with Crippen LogP contribution < -0.4 is 15.4 Å². The van der Waals surface area contributed by atoms with E-state index in [9.17, 15) is 4.79 Å². The van der Waals surface area contributed by atoms with Crippen LogP contribution in [0.2, 0.25) is 0 Å². The minimum atomic E-state index is -0.175. The first-order valence-electron chi connectivity index (χ1n) is 8.54. The van der Waals surface area contributed by atoms with Crippen LogP contribution in [-0.4, -0.2) is 52.5 Å². The van der Waals surface area contributed by atoms with Crippen molar-refractivity contribution in [3.63, 3.8) is 0 Å². The zero-order valence-corrected chi connectivity index (χ0v) is 18.1. The lowest BCUT2D eigenvalue weighted by atomic mass is 10.3. The molecule has 8 heteroatoms. The van der Waals surface area contributed by atoms with E-state index in [1.165, 1.54) is 0 Å². The van der Waals surface area contributed by atoms with Gasteiger partial charge in [0.1, 0.15) is 5.75 Å². The number of hydrogen-bond donors (Lipinski definition) is 2. The third-order valence-electron chi connectivity index (χ3n) is 3.24. The summed E-state index contributed by atoms with van der Waals surface area (Å²) in [6, 6.07) is 7.68. The van der Waals surface area contributed by atoms with Crippen molar-refractivity contribution in [2.75, 3.05) is 45.8 Å². The zero-order chi connectivity index (χ0) is 18.3. The summed E-state index contributed by atoms with van der Waals surface area (Å²) in [5.41, 5.74) is 0.878. The summed E-state index contributed by atoms with van der Waals surface area (Å²) in [5, 5.41) is 6.37. The summed E-state index contributed by atoms with van der Waals surface area (Å²) < 4.78 is 15.6. The molecule has 0 saturated carbocycles. The number of hydrogen-bond acceptors (Lipinski definition) is 5. The number of nitrogens with one attached hydrogen (secondary N) is 2. The van der Waals surface area contributed by atoms with Crippen molar-refractivity contribution in [3.05, 3.63) is 24.3 Å². The maximum absolute atomic E-state index is 11.3. The van der Waals surface area contributed by atoms with Crippen LogP contribution in [0.4, 0.5) is 5.69 Å². The van der Waals surface area contributed by atoms with Crippen LogP contribution in [0.25, 0.3) is 0 Å². The number of carbonyl (C=O) groups excluding carboxylic acids is 1. The first-order chi connectivity index (χ1) is 12.2.